The molecule has 0 radical (unpaired) electrons. The molecular weight excluding hydrogens is 255 g/mol. The number of nitrogens with zero attached hydrogens (tertiary/aromatic N) is 1. The second kappa shape index (κ2) is 5.14. The van der Waals surface area contributed by atoms with Gasteiger partial charge >= 0.3 is 0 Å². The summed E-state index contributed by atoms with van der Waals surface area (Å²) in [5, 5.41) is 3.02. The second-order valence-corrected chi connectivity index (χ2v) is 4.21. The van der Waals surface area contributed by atoms with Crippen LogP contribution in [0.4, 0.5) is 10.1 Å². The molecule has 92 valence electrons. The van der Waals surface area contributed by atoms with E-state index in [2.05, 4.69) is 10.3 Å². The van der Waals surface area contributed by atoms with Gasteiger partial charge in [0.1, 0.15) is 11.5 Å². The first-order chi connectivity index (χ1) is 8.56. The predicted molar refractivity (Wildman–Crippen MR) is 68.3 cm³/mol. The molecule has 0 saturated carbocycles. The van der Waals surface area contributed by atoms with Crippen LogP contribution in [0.5, 0.6) is 0 Å². The number of nitrogens with one attached hydrogen (secondary N) is 1. The predicted octanol–water partition coefficient (Wildman–Crippen LogP) is 3.43. The molecule has 2 aromatic rings. The zero-order valence-corrected chi connectivity index (χ0v) is 10.3. The first-order valence-corrected chi connectivity index (χ1v) is 5.63. The summed E-state index contributed by atoms with van der Waals surface area (Å²) in [6, 6.07) is 7.22. The highest BCUT2D eigenvalue weighted by molar-refractivity contribution is 6.30. The van der Waals surface area contributed by atoms with Crippen molar-refractivity contribution in [3.05, 3.63) is 58.6 Å². The van der Waals surface area contributed by atoms with Gasteiger partial charge in [-0.3, -0.25) is 9.78 Å². The lowest BCUT2D eigenvalue weighted by Gasteiger charge is -2.08. The van der Waals surface area contributed by atoms with Crippen LogP contribution in [0.15, 0.2) is 36.5 Å². The quantitative estimate of drug-likeness (QED) is 0.903. The van der Waals surface area contributed by atoms with Gasteiger partial charge < -0.3 is 5.32 Å². The third-order valence-electron chi connectivity index (χ3n) is 2.40. The number of hydrogen-bond acceptors (Lipinski definition) is 2. The van der Waals surface area contributed by atoms with Crippen molar-refractivity contribution in [2.45, 2.75) is 6.92 Å². The van der Waals surface area contributed by atoms with E-state index >= 15 is 0 Å². The van der Waals surface area contributed by atoms with Gasteiger partial charge in [-0.1, -0.05) is 17.7 Å². The lowest BCUT2D eigenvalue weighted by molar-refractivity contribution is 0.102. The number of aromatic nitrogens is 1. The number of anilines is 1. The summed E-state index contributed by atoms with van der Waals surface area (Å²) < 4.78 is 13.1. The van der Waals surface area contributed by atoms with E-state index in [1.54, 1.807) is 19.1 Å². The van der Waals surface area contributed by atoms with Crippen molar-refractivity contribution in [1.82, 2.24) is 4.98 Å². The number of carbonyl (C=O) groups excluding carboxylic acids is 1. The normalized spacial score (nSPS) is 10.2. The van der Waals surface area contributed by atoms with E-state index < -0.39 is 11.7 Å². The Hall–Kier alpha value is -1.94. The van der Waals surface area contributed by atoms with Crippen molar-refractivity contribution in [2.24, 2.45) is 0 Å². The first-order valence-electron chi connectivity index (χ1n) is 5.25. The average Bonchev–Trinajstić information content (AvgIpc) is 2.34. The van der Waals surface area contributed by atoms with E-state index in [0.29, 0.717) is 10.7 Å². The van der Waals surface area contributed by atoms with Gasteiger partial charge in [-0.05, 0) is 36.8 Å². The molecule has 1 amide bonds. The molecule has 0 fully saturated rings. The Morgan fingerprint density at radius 1 is 1.33 bits per heavy atom. The molecule has 0 aliphatic carbocycles. The molecule has 0 bridgehead atoms. The number of amides is 1. The molecule has 1 aromatic heterocycles. The molecule has 0 aliphatic rings. The van der Waals surface area contributed by atoms with Gasteiger partial charge in [0.25, 0.3) is 5.91 Å². The van der Waals surface area contributed by atoms with Crippen molar-refractivity contribution in [3.63, 3.8) is 0 Å². The van der Waals surface area contributed by atoms with Crippen molar-refractivity contribution in [2.75, 3.05) is 5.32 Å². The number of aryl methyl sites for hydroxylation is 1. The van der Waals surface area contributed by atoms with Crippen molar-refractivity contribution in [1.29, 1.82) is 0 Å². The Kier molecular flexibility index (Phi) is 3.58. The zero-order chi connectivity index (χ0) is 13.1. The van der Waals surface area contributed by atoms with E-state index in [0.717, 1.165) is 5.56 Å². The third kappa shape index (κ3) is 2.84. The van der Waals surface area contributed by atoms with E-state index in [4.69, 9.17) is 11.6 Å². The van der Waals surface area contributed by atoms with Crippen LogP contribution in [0.2, 0.25) is 5.02 Å². The van der Waals surface area contributed by atoms with Crippen molar-refractivity contribution < 1.29 is 9.18 Å². The molecule has 5 heteroatoms. The Labute approximate surface area is 109 Å². The summed E-state index contributed by atoms with van der Waals surface area (Å²) in [6.45, 7) is 1.78. The molecule has 0 aliphatic heterocycles. The molecule has 2 rings (SSSR count). The standard InChI is InChI=1S/C13H10ClFN2O/c1-8-2-3-10(15)7-11(8)17-13(18)12-6-9(14)4-5-16-12/h2-7H,1H3,(H,17,18). The maximum atomic E-state index is 13.1. The molecule has 1 heterocycles. The van der Waals surface area contributed by atoms with Crippen LogP contribution in [-0.2, 0) is 0 Å². The molecule has 0 unspecified atom stereocenters. The van der Waals surface area contributed by atoms with Gasteiger partial charge in [-0.25, -0.2) is 4.39 Å². The third-order valence-corrected chi connectivity index (χ3v) is 2.64. The van der Waals surface area contributed by atoms with E-state index in [1.165, 1.54) is 24.4 Å². The van der Waals surface area contributed by atoms with Crippen LogP contribution >= 0.6 is 11.6 Å². The van der Waals surface area contributed by atoms with Crippen LogP contribution in [0.3, 0.4) is 0 Å². The number of hydrogen-bond donors (Lipinski definition) is 1. The van der Waals surface area contributed by atoms with Crippen molar-refractivity contribution >= 4 is 23.2 Å². The molecule has 1 aromatic carbocycles. The first kappa shape index (κ1) is 12.5. The minimum atomic E-state index is -0.425. The number of benzene rings is 1. The van der Waals surface area contributed by atoms with Gasteiger partial charge in [0, 0.05) is 16.9 Å². The molecule has 0 spiro atoms. The summed E-state index contributed by atoms with van der Waals surface area (Å²) in [5.74, 6) is -0.832. The molecule has 18 heavy (non-hydrogen) atoms. The average molecular weight is 265 g/mol. The molecule has 0 saturated heterocycles. The van der Waals surface area contributed by atoms with E-state index in [1.807, 2.05) is 0 Å². The number of pyridine rings is 1. The summed E-state index contributed by atoms with van der Waals surface area (Å²) in [5.41, 5.74) is 1.37. The van der Waals surface area contributed by atoms with Gasteiger partial charge in [-0.2, -0.15) is 0 Å². The molecular formula is C13H10ClFN2O. The van der Waals surface area contributed by atoms with Crippen LogP contribution < -0.4 is 5.32 Å². The highest BCUT2D eigenvalue weighted by Gasteiger charge is 2.10. The largest absolute Gasteiger partial charge is 0.320 e. The Balaban J connectivity index is 2.24. The Morgan fingerprint density at radius 2 is 2.11 bits per heavy atom. The SMILES string of the molecule is Cc1ccc(F)cc1NC(=O)c1cc(Cl)ccn1. The Morgan fingerprint density at radius 3 is 2.83 bits per heavy atom. The fourth-order valence-corrected chi connectivity index (χ4v) is 1.60. The van der Waals surface area contributed by atoms with Crippen LogP contribution in [0.25, 0.3) is 0 Å². The van der Waals surface area contributed by atoms with E-state index in [9.17, 15) is 9.18 Å². The maximum absolute atomic E-state index is 13.1. The highest BCUT2D eigenvalue weighted by atomic mass is 35.5. The summed E-state index contributed by atoms with van der Waals surface area (Å²) >= 11 is 5.77. The monoisotopic (exact) mass is 264 g/mol. The fourth-order valence-electron chi connectivity index (χ4n) is 1.44. The Bertz CT molecular complexity index is 601. The zero-order valence-electron chi connectivity index (χ0n) is 9.58. The lowest BCUT2D eigenvalue weighted by atomic mass is 10.2. The number of carbonyl (C=O) groups is 1. The van der Waals surface area contributed by atoms with Gasteiger partial charge in [0.05, 0.1) is 0 Å². The summed E-state index contributed by atoms with van der Waals surface area (Å²) in [4.78, 5) is 15.8. The minimum absolute atomic E-state index is 0.186. The van der Waals surface area contributed by atoms with Crippen LogP contribution in [-0.4, -0.2) is 10.9 Å². The van der Waals surface area contributed by atoms with E-state index in [-0.39, 0.29) is 5.69 Å². The highest BCUT2D eigenvalue weighted by Crippen LogP contribution is 2.17. The van der Waals surface area contributed by atoms with Crippen LogP contribution in [0.1, 0.15) is 16.1 Å². The minimum Gasteiger partial charge on any atom is -0.320 e. The van der Waals surface area contributed by atoms with Gasteiger partial charge in [0.2, 0.25) is 0 Å². The smallest absolute Gasteiger partial charge is 0.274 e. The van der Waals surface area contributed by atoms with Gasteiger partial charge in [-0.15, -0.1) is 0 Å². The summed E-state index contributed by atoms with van der Waals surface area (Å²) in [7, 11) is 0. The molecule has 1 N–H and O–H groups in total. The molecule has 3 nitrogen and oxygen atoms in total. The number of halogens is 2. The van der Waals surface area contributed by atoms with Gasteiger partial charge in [0.15, 0.2) is 0 Å². The number of rotatable bonds is 2. The maximum Gasteiger partial charge on any atom is 0.274 e. The molecule has 0 atom stereocenters. The lowest BCUT2D eigenvalue weighted by Crippen LogP contribution is -2.14. The van der Waals surface area contributed by atoms with Crippen molar-refractivity contribution in [3.8, 4) is 0 Å². The summed E-state index contributed by atoms with van der Waals surface area (Å²) in [6.07, 6.45) is 1.44. The van der Waals surface area contributed by atoms with Crippen LogP contribution in [0, 0.1) is 12.7 Å². The second-order valence-electron chi connectivity index (χ2n) is 3.77. The fraction of sp³-hybridized carbons (Fsp3) is 0.0769. The topological polar surface area (TPSA) is 42.0 Å².